The van der Waals surface area contributed by atoms with Crippen LogP contribution in [0.2, 0.25) is 25.1 Å². The number of nitrogens with zero attached hydrogens (tertiary/aromatic N) is 2. The molecule has 0 saturated carbocycles. The van der Waals surface area contributed by atoms with Gasteiger partial charge in [-0.15, -0.1) is 0 Å². The molecule has 0 aliphatic heterocycles. The fraction of sp³-hybridized carbons (Fsp3) is 0.243. The lowest BCUT2D eigenvalue weighted by Crippen LogP contribution is -2.33. The Bertz CT molecular complexity index is 1800. The minimum atomic E-state index is -0.431. The van der Waals surface area contributed by atoms with Gasteiger partial charge in [-0.1, -0.05) is 78.3 Å². The monoisotopic (exact) mass is 772 g/mol. The number of hydrogen-bond acceptors (Lipinski definition) is 6. The Kier molecular flexibility index (Phi) is 15.3. The summed E-state index contributed by atoms with van der Waals surface area (Å²) in [4.78, 5) is 28.2. The molecule has 4 rings (SSSR count). The second-order valence-electron chi connectivity index (χ2n) is 11.4. The van der Waals surface area contributed by atoms with E-state index in [0.717, 1.165) is 6.42 Å². The topological polar surface area (TPSA) is 107 Å². The quantitative estimate of drug-likeness (QED) is 0.0513. The zero-order valence-electron chi connectivity index (χ0n) is 27.5. The Morgan fingerprint density at radius 2 is 0.960 bits per heavy atom. The maximum Gasteiger partial charge on any atom is 0.202 e. The largest absolute Gasteiger partial charge is 0.336 e. The van der Waals surface area contributed by atoms with E-state index in [-0.39, 0.29) is 23.2 Å². The van der Waals surface area contributed by atoms with Crippen LogP contribution in [0.5, 0.6) is 0 Å². The van der Waals surface area contributed by atoms with Crippen molar-refractivity contribution in [1.29, 1.82) is 0 Å². The summed E-state index contributed by atoms with van der Waals surface area (Å²) in [7, 11) is 0. The van der Waals surface area contributed by atoms with Gasteiger partial charge in [-0.05, 0) is 117 Å². The van der Waals surface area contributed by atoms with Gasteiger partial charge in [0.05, 0.1) is 21.4 Å². The number of hydrazone groups is 2. The molecule has 13 heteroatoms. The van der Waals surface area contributed by atoms with E-state index in [1.807, 2.05) is 13.8 Å². The first kappa shape index (κ1) is 39.0. The molecule has 0 bridgehead atoms. The number of anilines is 4. The summed E-state index contributed by atoms with van der Waals surface area (Å²) >= 11 is 30.6. The smallest absolute Gasteiger partial charge is 0.202 e. The first-order chi connectivity index (χ1) is 24.1. The van der Waals surface area contributed by atoms with E-state index < -0.39 is 11.8 Å². The van der Waals surface area contributed by atoms with Crippen LogP contribution in [0.1, 0.15) is 46.0 Å². The zero-order valence-corrected chi connectivity index (χ0v) is 31.2. The van der Waals surface area contributed by atoms with Gasteiger partial charge in [0.2, 0.25) is 11.6 Å². The van der Waals surface area contributed by atoms with Gasteiger partial charge in [-0.3, -0.25) is 20.4 Å². The van der Waals surface area contributed by atoms with Gasteiger partial charge in [0.25, 0.3) is 0 Å². The molecule has 4 N–H and O–H groups in total. The summed E-state index contributed by atoms with van der Waals surface area (Å²) in [5.74, 6) is -1.04. The van der Waals surface area contributed by atoms with E-state index >= 15 is 0 Å². The Labute approximate surface area is 317 Å². The number of carbonyl (C=O) groups is 2. The minimum Gasteiger partial charge on any atom is -0.336 e. The predicted molar refractivity (Wildman–Crippen MR) is 212 cm³/mol. The van der Waals surface area contributed by atoms with Crippen LogP contribution in [0.4, 0.5) is 22.7 Å². The summed E-state index contributed by atoms with van der Waals surface area (Å²) < 4.78 is 0. The fourth-order valence-corrected chi connectivity index (χ4v) is 5.70. The first-order valence-electron chi connectivity index (χ1n) is 16.1. The van der Waals surface area contributed by atoms with Crippen LogP contribution in [0, 0.1) is 11.8 Å². The summed E-state index contributed by atoms with van der Waals surface area (Å²) in [6, 6.07) is 25.9. The lowest BCUT2D eigenvalue weighted by Gasteiger charge is -2.21. The highest BCUT2D eigenvalue weighted by Gasteiger charge is 2.28. The van der Waals surface area contributed by atoms with Crippen LogP contribution in [-0.4, -0.2) is 23.2 Å². The van der Waals surface area contributed by atoms with Gasteiger partial charge >= 0.3 is 0 Å². The molecule has 262 valence electrons. The van der Waals surface area contributed by atoms with Crippen molar-refractivity contribution >= 4 is 104 Å². The van der Waals surface area contributed by atoms with Gasteiger partial charge in [0.1, 0.15) is 0 Å². The normalized spacial score (nSPS) is 12.9. The maximum absolute atomic E-state index is 14.2. The van der Waals surface area contributed by atoms with Gasteiger partial charge < -0.3 is 10.6 Å². The van der Waals surface area contributed by atoms with Crippen LogP contribution in [-0.2, 0) is 9.59 Å². The Hall–Kier alpha value is -3.79. The molecular formula is C37H37Cl5N6O2. The number of benzene rings is 4. The minimum absolute atomic E-state index is 0.0926. The number of ketones is 2. The number of amidine groups is 2. The molecular weight excluding hydrogens is 738 g/mol. The van der Waals surface area contributed by atoms with Crippen LogP contribution < -0.4 is 21.5 Å². The highest BCUT2D eigenvalue weighted by Crippen LogP contribution is 2.27. The van der Waals surface area contributed by atoms with Crippen LogP contribution in [0.25, 0.3) is 0 Å². The molecule has 0 saturated heterocycles. The van der Waals surface area contributed by atoms with Gasteiger partial charge in [0, 0.05) is 38.3 Å². The lowest BCUT2D eigenvalue weighted by atomic mass is 9.86. The van der Waals surface area contributed by atoms with Crippen molar-refractivity contribution in [2.45, 2.75) is 46.0 Å². The van der Waals surface area contributed by atoms with Crippen molar-refractivity contribution in [3.8, 4) is 0 Å². The third-order valence-corrected chi connectivity index (χ3v) is 9.27. The molecule has 0 spiro atoms. The zero-order chi connectivity index (χ0) is 36.0. The molecule has 0 heterocycles. The van der Waals surface area contributed by atoms with Gasteiger partial charge in [0.15, 0.2) is 11.7 Å². The molecule has 4 aromatic rings. The van der Waals surface area contributed by atoms with E-state index in [0.29, 0.717) is 73.5 Å². The molecule has 0 aliphatic carbocycles. The Morgan fingerprint density at radius 1 is 0.540 bits per heavy atom. The number of Topliss-reactive ketones (excluding diaryl/α,β-unsaturated/α-hetero) is 2. The van der Waals surface area contributed by atoms with E-state index in [2.05, 4.69) is 31.7 Å². The lowest BCUT2D eigenvalue weighted by molar-refractivity contribution is -0.119. The van der Waals surface area contributed by atoms with Crippen LogP contribution in [0.3, 0.4) is 0 Å². The number of halogens is 5. The number of hydrogen-bond donors (Lipinski definition) is 4. The number of carbonyl (C=O) groups excluding carboxylic acids is 2. The third kappa shape index (κ3) is 11.9. The van der Waals surface area contributed by atoms with Crippen molar-refractivity contribution in [3.05, 3.63) is 116 Å². The highest BCUT2D eigenvalue weighted by atomic mass is 35.5. The summed E-state index contributed by atoms with van der Waals surface area (Å²) in [6.07, 6.45) is 2.77. The van der Waals surface area contributed by atoms with E-state index in [9.17, 15) is 9.59 Å². The molecule has 0 radical (unpaired) electrons. The number of rotatable bonds is 16. The highest BCUT2D eigenvalue weighted by molar-refractivity contribution is 6.45. The molecule has 8 nitrogen and oxygen atoms in total. The molecule has 0 fully saturated rings. The molecule has 50 heavy (non-hydrogen) atoms. The second-order valence-corrected chi connectivity index (χ2v) is 13.6. The van der Waals surface area contributed by atoms with Crippen molar-refractivity contribution in [2.24, 2.45) is 22.0 Å². The first-order valence-corrected chi connectivity index (χ1v) is 18.0. The van der Waals surface area contributed by atoms with E-state index in [1.54, 1.807) is 91.0 Å². The maximum atomic E-state index is 14.2. The fourth-order valence-electron chi connectivity index (χ4n) is 5.02. The summed E-state index contributed by atoms with van der Waals surface area (Å²) in [5, 5.41) is 17.6. The Morgan fingerprint density at radius 3 is 1.42 bits per heavy atom. The molecule has 2 atom stereocenters. The molecule has 4 aromatic carbocycles. The third-order valence-electron chi connectivity index (χ3n) is 7.77. The van der Waals surface area contributed by atoms with E-state index in [4.69, 9.17) is 58.0 Å². The van der Waals surface area contributed by atoms with Gasteiger partial charge in [-0.25, -0.2) is 0 Å². The molecule has 0 aliphatic rings. The average molecular weight is 775 g/mol. The van der Waals surface area contributed by atoms with Gasteiger partial charge in [-0.2, -0.15) is 10.2 Å². The van der Waals surface area contributed by atoms with Crippen LogP contribution >= 0.6 is 58.0 Å². The van der Waals surface area contributed by atoms with Crippen molar-refractivity contribution in [3.63, 3.8) is 0 Å². The summed E-state index contributed by atoms with van der Waals surface area (Å²) in [5.41, 5.74) is 8.40. The standard InChI is InChI=1S/C37H37Cl5N6O2/c1-3-5-24(35(50)37(44-31-20-21-32(41)33(42)22-31)48-46-30-18-12-27(40)13-19-30)7-6-23(4-2)34(49)36(43-28-14-8-25(38)9-15-28)47-45-29-16-10-26(39)11-17-29/h8-24,45-46H,3-7H2,1-2H3,(H,43,47)(H,44,48). The SMILES string of the molecule is CCCC(CCC(CC)C(=O)C(=NNc1ccc(Cl)cc1)Nc1ccc(Cl)cc1)C(=O)C(=NNc1ccc(Cl)cc1)Nc1ccc(Cl)c(Cl)c1. The van der Waals surface area contributed by atoms with E-state index in [1.165, 1.54) is 0 Å². The molecule has 0 amide bonds. The van der Waals surface area contributed by atoms with Crippen LogP contribution in [0.15, 0.2) is 101 Å². The second kappa shape index (κ2) is 19.6. The van der Waals surface area contributed by atoms with Crippen molar-refractivity contribution in [2.75, 3.05) is 21.5 Å². The van der Waals surface area contributed by atoms with Crippen molar-refractivity contribution < 1.29 is 9.59 Å². The predicted octanol–water partition coefficient (Wildman–Crippen LogP) is 11.7. The molecule has 2 unspecified atom stereocenters. The number of nitrogens with one attached hydrogen (secondary N) is 4. The summed E-state index contributed by atoms with van der Waals surface area (Å²) in [6.45, 7) is 3.96. The average Bonchev–Trinajstić information content (AvgIpc) is 3.11. The van der Waals surface area contributed by atoms with Crippen molar-refractivity contribution in [1.82, 2.24) is 0 Å². The Balaban J connectivity index is 1.56. The molecule has 0 aromatic heterocycles.